The second kappa shape index (κ2) is 6.70. The molecule has 4 nitrogen and oxygen atoms in total. The van der Waals surface area contributed by atoms with Crippen molar-refractivity contribution >= 4 is 23.0 Å². The zero-order chi connectivity index (χ0) is 16.1. The number of anilines is 3. The number of hydrogen-bond donors (Lipinski definition) is 2. The minimum atomic E-state index is -0.369. The molecular weight excluding hydrogens is 293 g/mol. The number of halogens is 1. The van der Waals surface area contributed by atoms with Gasteiger partial charge in [0.1, 0.15) is 5.82 Å². The Labute approximate surface area is 133 Å². The third-order valence-electron chi connectivity index (χ3n) is 3.18. The lowest BCUT2D eigenvalue weighted by Gasteiger charge is -2.09. The zero-order valence-electron chi connectivity index (χ0n) is 12.2. The van der Waals surface area contributed by atoms with E-state index >= 15 is 0 Å². The maximum atomic E-state index is 13.7. The van der Waals surface area contributed by atoms with Crippen molar-refractivity contribution in [2.75, 3.05) is 10.6 Å². The van der Waals surface area contributed by atoms with Gasteiger partial charge in [0.25, 0.3) is 5.91 Å². The van der Waals surface area contributed by atoms with E-state index in [1.807, 2.05) is 18.2 Å². The summed E-state index contributed by atoms with van der Waals surface area (Å²) in [5, 5.41) is 5.69. The van der Waals surface area contributed by atoms with Crippen LogP contribution in [0.15, 0.2) is 73.1 Å². The predicted molar refractivity (Wildman–Crippen MR) is 88.3 cm³/mol. The summed E-state index contributed by atoms with van der Waals surface area (Å²) in [6.07, 6.45) is 3.00. The Kier molecular flexibility index (Phi) is 4.29. The van der Waals surface area contributed by atoms with Crippen LogP contribution in [0.25, 0.3) is 0 Å². The molecule has 2 N–H and O–H groups in total. The number of carbonyl (C=O) groups is 1. The molecule has 1 heterocycles. The van der Waals surface area contributed by atoms with Crippen molar-refractivity contribution in [2.45, 2.75) is 0 Å². The van der Waals surface area contributed by atoms with Gasteiger partial charge in [0.2, 0.25) is 0 Å². The molecule has 0 spiro atoms. The topological polar surface area (TPSA) is 54.0 Å². The van der Waals surface area contributed by atoms with Crippen molar-refractivity contribution in [3.8, 4) is 0 Å². The number of para-hydroxylation sites is 2. The van der Waals surface area contributed by atoms with Crippen LogP contribution in [-0.4, -0.2) is 10.9 Å². The van der Waals surface area contributed by atoms with Crippen molar-refractivity contribution in [3.63, 3.8) is 0 Å². The molecule has 0 aliphatic carbocycles. The van der Waals surface area contributed by atoms with Gasteiger partial charge in [-0.25, -0.2) is 4.39 Å². The van der Waals surface area contributed by atoms with E-state index in [9.17, 15) is 9.18 Å². The van der Waals surface area contributed by atoms with E-state index in [2.05, 4.69) is 15.6 Å². The fourth-order valence-electron chi connectivity index (χ4n) is 2.08. The van der Waals surface area contributed by atoms with Crippen LogP contribution in [0, 0.1) is 5.82 Å². The first-order chi connectivity index (χ1) is 11.2. The van der Waals surface area contributed by atoms with Crippen molar-refractivity contribution in [1.82, 2.24) is 4.98 Å². The Balaban J connectivity index is 1.77. The van der Waals surface area contributed by atoms with Crippen molar-refractivity contribution in [1.29, 1.82) is 0 Å². The van der Waals surface area contributed by atoms with E-state index in [-0.39, 0.29) is 11.7 Å². The molecule has 0 fully saturated rings. The van der Waals surface area contributed by atoms with Gasteiger partial charge in [-0.05, 0) is 30.3 Å². The standard InChI is InChI=1S/C18H14FN3O/c19-16-8-4-5-9-17(16)21-15-10-13(11-20-12-15)18(23)22-14-6-2-1-3-7-14/h1-12,21H,(H,22,23). The van der Waals surface area contributed by atoms with Crippen LogP contribution < -0.4 is 10.6 Å². The molecule has 114 valence electrons. The Bertz CT molecular complexity index is 821. The number of amides is 1. The Hall–Kier alpha value is -3.21. The summed E-state index contributed by atoms with van der Waals surface area (Å²) in [6.45, 7) is 0. The van der Waals surface area contributed by atoms with Gasteiger partial charge in [-0.3, -0.25) is 9.78 Å². The Morgan fingerprint density at radius 1 is 0.913 bits per heavy atom. The minimum Gasteiger partial charge on any atom is -0.352 e. The van der Waals surface area contributed by atoms with Gasteiger partial charge >= 0.3 is 0 Å². The highest BCUT2D eigenvalue weighted by atomic mass is 19.1. The summed E-state index contributed by atoms with van der Waals surface area (Å²) in [5.74, 6) is -0.646. The summed E-state index contributed by atoms with van der Waals surface area (Å²) >= 11 is 0. The third-order valence-corrected chi connectivity index (χ3v) is 3.18. The number of rotatable bonds is 4. The summed E-state index contributed by atoms with van der Waals surface area (Å²) in [6, 6.07) is 17.1. The van der Waals surface area contributed by atoms with Crippen molar-refractivity contribution in [2.24, 2.45) is 0 Å². The number of nitrogens with one attached hydrogen (secondary N) is 2. The van der Waals surface area contributed by atoms with Crippen molar-refractivity contribution < 1.29 is 9.18 Å². The lowest BCUT2D eigenvalue weighted by atomic mass is 10.2. The van der Waals surface area contributed by atoms with Crippen LogP contribution in [0.3, 0.4) is 0 Å². The van der Waals surface area contributed by atoms with Crippen molar-refractivity contribution in [3.05, 3.63) is 84.4 Å². The van der Waals surface area contributed by atoms with Crippen LogP contribution >= 0.6 is 0 Å². The first-order valence-corrected chi connectivity index (χ1v) is 7.05. The molecule has 0 atom stereocenters. The summed E-state index contributed by atoms with van der Waals surface area (Å²) in [4.78, 5) is 16.3. The molecule has 0 radical (unpaired) electrons. The molecule has 0 saturated carbocycles. The summed E-state index contributed by atoms with van der Waals surface area (Å²) in [5.41, 5.74) is 1.95. The second-order valence-electron chi connectivity index (χ2n) is 4.89. The number of carbonyl (C=O) groups excluding carboxylic acids is 1. The van der Waals surface area contributed by atoms with Crippen LogP contribution in [0.5, 0.6) is 0 Å². The molecular formula is C18H14FN3O. The highest BCUT2D eigenvalue weighted by Crippen LogP contribution is 2.20. The van der Waals surface area contributed by atoms with Gasteiger partial charge in [0.05, 0.1) is 23.1 Å². The molecule has 0 unspecified atom stereocenters. The molecule has 0 saturated heterocycles. The van der Waals surface area contributed by atoms with Crippen LogP contribution in [0.2, 0.25) is 0 Å². The van der Waals surface area contributed by atoms with E-state index in [1.165, 1.54) is 18.5 Å². The van der Waals surface area contributed by atoms with E-state index in [1.54, 1.807) is 36.4 Å². The van der Waals surface area contributed by atoms with E-state index in [4.69, 9.17) is 0 Å². The average molecular weight is 307 g/mol. The monoisotopic (exact) mass is 307 g/mol. The lowest BCUT2D eigenvalue weighted by molar-refractivity contribution is 0.102. The maximum absolute atomic E-state index is 13.7. The third kappa shape index (κ3) is 3.71. The SMILES string of the molecule is O=C(Nc1ccccc1)c1cncc(Nc2ccccc2F)c1. The molecule has 3 aromatic rings. The predicted octanol–water partition coefficient (Wildman–Crippen LogP) is 4.22. The molecule has 1 aromatic heterocycles. The fraction of sp³-hybridized carbons (Fsp3) is 0. The highest BCUT2D eigenvalue weighted by molar-refractivity contribution is 6.04. The van der Waals surface area contributed by atoms with Gasteiger partial charge in [0, 0.05) is 11.9 Å². The van der Waals surface area contributed by atoms with Gasteiger partial charge in [-0.1, -0.05) is 30.3 Å². The van der Waals surface area contributed by atoms with Gasteiger partial charge in [-0.15, -0.1) is 0 Å². The van der Waals surface area contributed by atoms with Gasteiger partial charge in [0.15, 0.2) is 0 Å². The van der Waals surface area contributed by atoms with E-state index < -0.39 is 0 Å². The minimum absolute atomic E-state index is 0.277. The number of benzene rings is 2. The number of pyridine rings is 1. The average Bonchev–Trinajstić information content (AvgIpc) is 2.58. The molecule has 0 bridgehead atoms. The number of aromatic nitrogens is 1. The second-order valence-corrected chi connectivity index (χ2v) is 4.89. The first kappa shape index (κ1) is 14.7. The van der Waals surface area contributed by atoms with E-state index in [0.717, 1.165) is 0 Å². The van der Waals surface area contributed by atoms with Crippen LogP contribution in [0.4, 0.5) is 21.5 Å². The quantitative estimate of drug-likeness (QED) is 0.759. The fourth-order valence-corrected chi connectivity index (χ4v) is 2.08. The highest BCUT2D eigenvalue weighted by Gasteiger charge is 2.08. The molecule has 0 aliphatic heterocycles. The lowest BCUT2D eigenvalue weighted by Crippen LogP contribution is -2.12. The number of nitrogens with zero attached hydrogens (tertiary/aromatic N) is 1. The molecule has 23 heavy (non-hydrogen) atoms. The molecule has 2 aromatic carbocycles. The summed E-state index contributed by atoms with van der Waals surface area (Å²) in [7, 11) is 0. The maximum Gasteiger partial charge on any atom is 0.257 e. The van der Waals surface area contributed by atoms with Gasteiger partial charge in [-0.2, -0.15) is 0 Å². The molecule has 5 heteroatoms. The number of hydrogen-bond acceptors (Lipinski definition) is 3. The Morgan fingerprint density at radius 2 is 1.65 bits per heavy atom. The van der Waals surface area contributed by atoms with Crippen LogP contribution in [0.1, 0.15) is 10.4 Å². The first-order valence-electron chi connectivity index (χ1n) is 7.05. The zero-order valence-corrected chi connectivity index (χ0v) is 12.2. The summed E-state index contributed by atoms with van der Waals surface area (Å²) < 4.78 is 13.7. The molecule has 0 aliphatic rings. The molecule has 1 amide bonds. The molecule has 3 rings (SSSR count). The van der Waals surface area contributed by atoms with Gasteiger partial charge < -0.3 is 10.6 Å². The van der Waals surface area contributed by atoms with E-state index in [0.29, 0.717) is 22.6 Å². The van der Waals surface area contributed by atoms with Crippen LogP contribution in [-0.2, 0) is 0 Å². The largest absolute Gasteiger partial charge is 0.352 e. The Morgan fingerprint density at radius 3 is 2.43 bits per heavy atom. The smallest absolute Gasteiger partial charge is 0.257 e. The normalized spacial score (nSPS) is 10.1.